The Balaban J connectivity index is 0.000000265. The fraction of sp³-hybridized carbons (Fsp3) is 0.700. The molecule has 1 fully saturated rings. The van der Waals surface area contributed by atoms with Crippen molar-refractivity contribution in [1.29, 1.82) is 0 Å². The zero-order chi connectivity index (χ0) is 12.1. The van der Waals surface area contributed by atoms with Crippen molar-refractivity contribution in [2.24, 2.45) is 0 Å². The van der Waals surface area contributed by atoms with Gasteiger partial charge in [-0.2, -0.15) is 0 Å². The number of rotatable bonds is 1. The highest BCUT2D eigenvalue weighted by atomic mass is 16.5. The maximum atomic E-state index is 10.5. The molecule has 0 aromatic carbocycles. The van der Waals surface area contributed by atoms with Crippen LogP contribution < -0.4 is 5.32 Å². The topological polar surface area (TPSA) is 72.5 Å². The van der Waals surface area contributed by atoms with Crippen LogP contribution in [0.1, 0.15) is 34.1 Å². The molecule has 0 radical (unpaired) electrons. The van der Waals surface area contributed by atoms with Crippen molar-refractivity contribution in [2.45, 2.75) is 45.8 Å². The molecule has 0 spiro atoms. The van der Waals surface area contributed by atoms with E-state index in [1.54, 1.807) is 6.92 Å². The lowest BCUT2D eigenvalue weighted by atomic mass is 10.2. The molecule has 1 amide bonds. The molecule has 1 N–H and O–H groups in total. The minimum Gasteiger partial charge on any atom is -0.462 e. The second-order valence-corrected chi connectivity index (χ2v) is 4.26. The first-order chi connectivity index (χ1) is 6.76. The van der Waals surface area contributed by atoms with Crippen LogP contribution >= 0.6 is 0 Å². The minimum atomic E-state index is -0.318. The van der Waals surface area contributed by atoms with Crippen LogP contribution in [0, 0.1) is 0 Å². The highest BCUT2D eigenvalue weighted by molar-refractivity contribution is 6.07. The SMILES string of the molecule is CC(C)(C)OC=O.C[C@@H]1NC(=O)CC1=O. The lowest BCUT2D eigenvalue weighted by Crippen LogP contribution is -2.25. The lowest BCUT2D eigenvalue weighted by Gasteiger charge is -2.14. The molecule has 0 aliphatic carbocycles. The summed E-state index contributed by atoms with van der Waals surface area (Å²) in [6.07, 6.45) is 0.0706. The first-order valence-corrected chi connectivity index (χ1v) is 4.70. The predicted molar refractivity (Wildman–Crippen MR) is 54.1 cm³/mol. The Hall–Kier alpha value is -1.39. The van der Waals surface area contributed by atoms with Crippen LogP contribution in [0.3, 0.4) is 0 Å². The zero-order valence-corrected chi connectivity index (χ0v) is 9.49. The van der Waals surface area contributed by atoms with Gasteiger partial charge in [-0.3, -0.25) is 14.4 Å². The second-order valence-electron chi connectivity index (χ2n) is 4.26. The van der Waals surface area contributed by atoms with Crippen molar-refractivity contribution < 1.29 is 19.1 Å². The number of ether oxygens (including phenoxy) is 1. The molecule has 1 heterocycles. The second kappa shape index (κ2) is 5.48. The molecule has 0 unspecified atom stereocenters. The molecule has 1 aliphatic rings. The third kappa shape index (κ3) is 6.65. The summed E-state index contributed by atoms with van der Waals surface area (Å²) < 4.78 is 4.55. The van der Waals surface area contributed by atoms with Crippen molar-refractivity contribution in [1.82, 2.24) is 5.32 Å². The molecule has 1 saturated heterocycles. The fourth-order valence-corrected chi connectivity index (χ4v) is 0.829. The van der Waals surface area contributed by atoms with Gasteiger partial charge >= 0.3 is 0 Å². The number of carbonyl (C=O) groups is 3. The molecule has 0 aromatic heterocycles. The van der Waals surface area contributed by atoms with Crippen molar-refractivity contribution in [3.8, 4) is 0 Å². The van der Waals surface area contributed by atoms with Gasteiger partial charge in [0.25, 0.3) is 6.47 Å². The largest absolute Gasteiger partial charge is 0.462 e. The Morgan fingerprint density at radius 3 is 2.00 bits per heavy atom. The van der Waals surface area contributed by atoms with E-state index in [-0.39, 0.29) is 29.8 Å². The Bertz CT molecular complexity index is 255. The van der Waals surface area contributed by atoms with Crippen LogP contribution in [0.25, 0.3) is 0 Å². The summed E-state index contributed by atoms with van der Waals surface area (Å²) in [6.45, 7) is 7.61. The molecule has 0 bridgehead atoms. The van der Waals surface area contributed by atoms with E-state index < -0.39 is 0 Å². The molecule has 1 atom stereocenters. The van der Waals surface area contributed by atoms with E-state index in [9.17, 15) is 14.4 Å². The van der Waals surface area contributed by atoms with E-state index in [0.717, 1.165) is 0 Å². The molecular weight excluding hydrogens is 198 g/mol. The summed E-state index contributed by atoms with van der Waals surface area (Å²) in [7, 11) is 0. The third-order valence-corrected chi connectivity index (χ3v) is 1.60. The van der Waals surface area contributed by atoms with E-state index in [0.29, 0.717) is 6.47 Å². The molecule has 0 saturated carbocycles. The van der Waals surface area contributed by atoms with Gasteiger partial charge in [-0.25, -0.2) is 0 Å². The summed E-state index contributed by atoms with van der Waals surface area (Å²) in [5, 5.41) is 2.48. The smallest absolute Gasteiger partial charge is 0.293 e. The van der Waals surface area contributed by atoms with Crippen molar-refractivity contribution in [3.05, 3.63) is 0 Å². The Kier molecular flexibility index (Phi) is 4.97. The van der Waals surface area contributed by atoms with Gasteiger partial charge in [0.2, 0.25) is 5.91 Å². The third-order valence-electron chi connectivity index (χ3n) is 1.60. The van der Waals surface area contributed by atoms with Gasteiger partial charge in [0.15, 0.2) is 5.78 Å². The van der Waals surface area contributed by atoms with Crippen molar-refractivity contribution in [2.75, 3.05) is 0 Å². The van der Waals surface area contributed by atoms with Crippen LogP contribution in [0.2, 0.25) is 0 Å². The van der Waals surface area contributed by atoms with E-state index >= 15 is 0 Å². The predicted octanol–water partition coefficient (Wildman–Crippen LogP) is 0.422. The van der Waals surface area contributed by atoms with E-state index in [1.165, 1.54) is 0 Å². The number of amides is 1. The fourth-order valence-electron chi connectivity index (χ4n) is 0.829. The van der Waals surface area contributed by atoms with Crippen LogP contribution in [-0.4, -0.2) is 29.8 Å². The van der Waals surface area contributed by atoms with Gasteiger partial charge in [-0.1, -0.05) is 0 Å². The van der Waals surface area contributed by atoms with Crippen LogP contribution in [0.15, 0.2) is 0 Å². The molecule has 5 heteroatoms. The normalized spacial score (nSPS) is 20.1. The summed E-state index contributed by atoms with van der Waals surface area (Å²) in [6, 6.07) is -0.248. The maximum Gasteiger partial charge on any atom is 0.293 e. The standard InChI is InChI=1S/C5H7NO2.C5H10O2/c1-3-4(7)2-5(8)6-3;1-5(2,3)7-4-6/h3H,2H2,1H3,(H,6,8);4H,1-3H3/t3-;/m0./s1. The lowest BCUT2D eigenvalue weighted by molar-refractivity contribution is -0.138. The van der Waals surface area contributed by atoms with Gasteiger partial charge in [-0.15, -0.1) is 0 Å². The number of hydrogen-bond acceptors (Lipinski definition) is 4. The zero-order valence-electron chi connectivity index (χ0n) is 9.49. The van der Waals surface area contributed by atoms with Gasteiger partial charge < -0.3 is 10.1 Å². The number of hydrogen-bond donors (Lipinski definition) is 1. The quantitative estimate of drug-likeness (QED) is 0.508. The van der Waals surface area contributed by atoms with Crippen LogP contribution in [-0.2, 0) is 19.1 Å². The number of ketones is 1. The Morgan fingerprint density at radius 2 is 1.93 bits per heavy atom. The number of carbonyl (C=O) groups excluding carboxylic acids is 3. The Labute approximate surface area is 89.2 Å². The summed E-state index contributed by atoms with van der Waals surface area (Å²) in [5.41, 5.74) is -0.318. The number of Topliss-reactive ketones (excluding diaryl/α,β-unsaturated/α-hetero) is 1. The Morgan fingerprint density at radius 1 is 1.40 bits per heavy atom. The van der Waals surface area contributed by atoms with E-state index in [2.05, 4.69) is 10.1 Å². The van der Waals surface area contributed by atoms with Crippen LogP contribution in [0.4, 0.5) is 0 Å². The molecule has 5 nitrogen and oxygen atoms in total. The molecule has 86 valence electrons. The number of nitrogens with one attached hydrogen (secondary N) is 1. The first-order valence-electron chi connectivity index (χ1n) is 4.70. The summed E-state index contributed by atoms with van der Waals surface area (Å²) in [5.74, 6) is -0.155. The van der Waals surface area contributed by atoms with Crippen molar-refractivity contribution in [3.63, 3.8) is 0 Å². The molecule has 1 rings (SSSR count). The molecule has 15 heavy (non-hydrogen) atoms. The average molecular weight is 215 g/mol. The highest BCUT2D eigenvalue weighted by Crippen LogP contribution is 2.02. The molecule has 0 aromatic rings. The van der Waals surface area contributed by atoms with Crippen molar-refractivity contribution >= 4 is 18.2 Å². The molecule has 1 aliphatic heterocycles. The monoisotopic (exact) mass is 215 g/mol. The van der Waals surface area contributed by atoms with Gasteiger partial charge in [0, 0.05) is 0 Å². The summed E-state index contributed by atoms with van der Waals surface area (Å²) in [4.78, 5) is 30.4. The van der Waals surface area contributed by atoms with E-state index in [1.807, 2.05) is 20.8 Å². The molecular formula is C10H17NO4. The van der Waals surface area contributed by atoms with Gasteiger partial charge in [0.05, 0.1) is 12.5 Å². The summed E-state index contributed by atoms with van der Waals surface area (Å²) >= 11 is 0. The average Bonchev–Trinajstić information content (AvgIpc) is 2.27. The van der Waals surface area contributed by atoms with E-state index in [4.69, 9.17) is 0 Å². The van der Waals surface area contributed by atoms with Crippen LogP contribution in [0.5, 0.6) is 0 Å². The maximum absolute atomic E-state index is 10.5. The van der Waals surface area contributed by atoms with Gasteiger partial charge in [-0.05, 0) is 27.7 Å². The van der Waals surface area contributed by atoms with Gasteiger partial charge in [0.1, 0.15) is 5.60 Å². The highest BCUT2D eigenvalue weighted by Gasteiger charge is 2.25. The first kappa shape index (κ1) is 13.6. The minimum absolute atomic E-state index is 0.00463.